The van der Waals surface area contributed by atoms with Crippen LogP contribution in [-0.2, 0) is 0 Å². The molecule has 18 heavy (non-hydrogen) atoms. The van der Waals surface area contributed by atoms with Crippen LogP contribution in [0.2, 0.25) is 0 Å². The second kappa shape index (κ2) is 5.85. The molecule has 0 bridgehead atoms. The first kappa shape index (κ1) is 13.6. The van der Waals surface area contributed by atoms with Crippen molar-refractivity contribution in [1.82, 2.24) is 9.80 Å². The van der Waals surface area contributed by atoms with Crippen LogP contribution < -0.4 is 0 Å². The van der Waals surface area contributed by atoms with Crippen LogP contribution in [0.25, 0.3) is 0 Å². The van der Waals surface area contributed by atoms with Crippen molar-refractivity contribution in [2.75, 3.05) is 27.2 Å². The highest BCUT2D eigenvalue weighted by Crippen LogP contribution is 2.33. The number of hydrogen-bond donors (Lipinski definition) is 0. The molecule has 1 aliphatic rings. The van der Waals surface area contributed by atoms with Crippen LogP contribution in [-0.4, -0.2) is 49.1 Å². The van der Waals surface area contributed by atoms with Gasteiger partial charge in [0.25, 0.3) is 0 Å². The molecule has 2 atom stereocenters. The summed E-state index contributed by atoms with van der Waals surface area (Å²) in [6.07, 6.45) is 1.29. The molecule has 0 N–H and O–H groups in total. The summed E-state index contributed by atoms with van der Waals surface area (Å²) in [5.41, 5.74) is 1.50. The number of likely N-dealkylation sites (N-methyl/N-ethyl adjacent to an activating group) is 1. The van der Waals surface area contributed by atoms with E-state index in [0.29, 0.717) is 18.0 Å². The van der Waals surface area contributed by atoms with E-state index in [2.05, 4.69) is 68.1 Å². The summed E-state index contributed by atoms with van der Waals surface area (Å²) in [5, 5.41) is 0. The predicted molar refractivity (Wildman–Crippen MR) is 78.0 cm³/mol. The molecule has 100 valence electrons. The van der Waals surface area contributed by atoms with Crippen LogP contribution in [0.1, 0.15) is 31.7 Å². The van der Waals surface area contributed by atoms with Gasteiger partial charge in [0.2, 0.25) is 0 Å². The maximum absolute atomic E-state index is 2.66. The third kappa shape index (κ3) is 3.12. The van der Waals surface area contributed by atoms with E-state index in [1.165, 1.54) is 25.1 Å². The Labute approximate surface area is 112 Å². The third-order valence-corrected chi connectivity index (χ3v) is 3.97. The smallest absolute Gasteiger partial charge is 0.0232 e. The molecule has 0 unspecified atom stereocenters. The predicted octanol–water partition coefficient (Wildman–Crippen LogP) is 2.81. The van der Waals surface area contributed by atoms with Crippen LogP contribution in [0.3, 0.4) is 0 Å². The molecule has 1 aliphatic heterocycles. The van der Waals surface area contributed by atoms with Gasteiger partial charge in [-0.25, -0.2) is 0 Å². The highest BCUT2D eigenvalue weighted by molar-refractivity contribution is 5.22. The van der Waals surface area contributed by atoms with Crippen LogP contribution in [0, 0.1) is 0 Å². The van der Waals surface area contributed by atoms with Gasteiger partial charge in [-0.15, -0.1) is 0 Å². The molecule has 1 saturated heterocycles. The summed E-state index contributed by atoms with van der Waals surface area (Å²) in [6, 6.07) is 12.3. The second-order valence-electron chi connectivity index (χ2n) is 6.05. The molecular formula is C16H26N2. The lowest BCUT2D eigenvalue weighted by Gasteiger charge is -2.30. The Morgan fingerprint density at radius 1 is 1.22 bits per heavy atom. The molecule has 1 fully saturated rings. The fourth-order valence-corrected chi connectivity index (χ4v) is 3.14. The van der Waals surface area contributed by atoms with Gasteiger partial charge in [0.05, 0.1) is 0 Å². The van der Waals surface area contributed by atoms with E-state index in [1.807, 2.05) is 0 Å². The lowest BCUT2D eigenvalue weighted by Crippen LogP contribution is -2.41. The Morgan fingerprint density at radius 2 is 1.89 bits per heavy atom. The van der Waals surface area contributed by atoms with Gasteiger partial charge in [-0.1, -0.05) is 30.3 Å². The van der Waals surface area contributed by atoms with Crippen molar-refractivity contribution in [2.45, 2.75) is 38.3 Å². The van der Waals surface area contributed by atoms with E-state index < -0.39 is 0 Å². The molecule has 0 aromatic heterocycles. The fourth-order valence-electron chi connectivity index (χ4n) is 3.14. The zero-order valence-electron chi connectivity index (χ0n) is 12.1. The first-order chi connectivity index (χ1) is 8.58. The molecule has 1 heterocycles. The maximum Gasteiger partial charge on any atom is 0.0232 e. The topological polar surface area (TPSA) is 6.48 Å². The molecule has 0 radical (unpaired) electrons. The van der Waals surface area contributed by atoms with Crippen LogP contribution >= 0.6 is 0 Å². The number of benzene rings is 1. The van der Waals surface area contributed by atoms with Crippen molar-refractivity contribution in [3.8, 4) is 0 Å². The molecule has 2 nitrogen and oxygen atoms in total. The Bertz CT molecular complexity index is 359. The van der Waals surface area contributed by atoms with E-state index in [0.717, 1.165) is 0 Å². The zero-order valence-corrected chi connectivity index (χ0v) is 12.1. The summed E-state index contributed by atoms with van der Waals surface area (Å²) < 4.78 is 0. The van der Waals surface area contributed by atoms with Crippen LogP contribution in [0.15, 0.2) is 30.3 Å². The fraction of sp³-hybridized carbons (Fsp3) is 0.625. The highest BCUT2D eigenvalue weighted by Gasteiger charge is 2.34. The molecule has 0 saturated carbocycles. The Hall–Kier alpha value is -0.860. The van der Waals surface area contributed by atoms with Crippen molar-refractivity contribution in [1.29, 1.82) is 0 Å². The number of nitrogens with zero attached hydrogens (tertiary/aromatic N) is 2. The summed E-state index contributed by atoms with van der Waals surface area (Å²) in [6.45, 7) is 7.01. The van der Waals surface area contributed by atoms with Gasteiger partial charge < -0.3 is 4.90 Å². The van der Waals surface area contributed by atoms with Crippen molar-refractivity contribution in [3.63, 3.8) is 0 Å². The SMILES string of the molecule is CC(C)N1C[C@H](c2ccccc2)C[C@H]1CN(C)C. The first-order valence-corrected chi connectivity index (χ1v) is 7.03. The number of rotatable bonds is 4. The quantitative estimate of drug-likeness (QED) is 0.806. The normalized spacial score (nSPS) is 25.2. The number of likely N-dealkylation sites (tertiary alicyclic amines) is 1. The molecule has 1 aromatic carbocycles. The monoisotopic (exact) mass is 246 g/mol. The van der Waals surface area contributed by atoms with Crippen molar-refractivity contribution < 1.29 is 0 Å². The maximum atomic E-state index is 2.66. The minimum Gasteiger partial charge on any atom is -0.308 e. The van der Waals surface area contributed by atoms with Crippen LogP contribution in [0.4, 0.5) is 0 Å². The lowest BCUT2D eigenvalue weighted by atomic mass is 9.96. The minimum atomic E-state index is 0.642. The van der Waals surface area contributed by atoms with E-state index in [1.54, 1.807) is 0 Å². The molecular weight excluding hydrogens is 220 g/mol. The van der Waals surface area contributed by atoms with Gasteiger partial charge in [-0.2, -0.15) is 0 Å². The van der Waals surface area contributed by atoms with Crippen molar-refractivity contribution in [2.24, 2.45) is 0 Å². The summed E-state index contributed by atoms with van der Waals surface area (Å²) in [4.78, 5) is 4.98. The Morgan fingerprint density at radius 3 is 2.44 bits per heavy atom. The van der Waals surface area contributed by atoms with Crippen molar-refractivity contribution >= 4 is 0 Å². The third-order valence-electron chi connectivity index (χ3n) is 3.97. The summed E-state index contributed by atoms with van der Waals surface area (Å²) >= 11 is 0. The first-order valence-electron chi connectivity index (χ1n) is 7.03. The highest BCUT2D eigenvalue weighted by atomic mass is 15.2. The molecule has 1 aromatic rings. The van der Waals surface area contributed by atoms with E-state index in [-0.39, 0.29) is 0 Å². The van der Waals surface area contributed by atoms with Gasteiger partial charge in [-0.05, 0) is 45.8 Å². The molecule has 0 amide bonds. The summed E-state index contributed by atoms with van der Waals surface area (Å²) in [5.74, 6) is 0.707. The van der Waals surface area contributed by atoms with Gasteiger partial charge >= 0.3 is 0 Å². The van der Waals surface area contributed by atoms with Gasteiger partial charge in [0.15, 0.2) is 0 Å². The molecule has 0 spiro atoms. The molecule has 2 rings (SSSR count). The standard InChI is InChI=1S/C16H26N2/c1-13(2)18-11-15(10-16(18)12-17(3)4)14-8-6-5-7-9-14/h5-9,13,15-16H,10-12H2,1-4H3/t15-,16+/m1/s1. The molecule has 2 heteroatoms. The average molecular weight is 246 g/mol. The lowest BCUT2D eigenvalue weighted by molar-refractivity contribution is 0.170. The van der Waals surface area contributed by atoms with Crippen molar-refractivity contribution in [3.05, 3.63) is 35.9 Å². The largest absolute Gasteiger partial charge is 0.308 e. The number of hydrogen-bond acceptors (Lipinski definition) is 2. The average Bonchev–Trinajstić information content (AvgIpc) is 2.73. The van der Waals surface area contributed by atoms with Gasteiger partial charge in [0, 0.05) is 25.2 Å². The van der Waals surface area contributed by atoms with E-state index >= 15 is 0 Å². The Kier molecular flexibility index (Phi) is 4.41. The van der Waals surface area contributed by atoms with Crippen LogP contribution in [0.5, 0.6) is 0 Å². The van der Waals surface area contributed by atoms with E-state index in [9.17, 15) is 0 Å². The second-order valence-corrected chi connectivity index (χ2v) is 6.05. The van der Waals surface area contributed by atoms with Gasteiger partial charge in [-0.3, -0.25) is 4.90 Å². The summed E-state index contributed by atoms with van der Waals surface area (Å²) in [7, 11) is 4.35. The minimum absolute atomic E-state index is 0.642. The Balaban J connectivity index is 2.09. The van der Waals surface area contributed by atoms with Gasteiger partial charge in [0.1, 0.15) is 0 Å². The van der Waals surface area contributed by atoms with E-state index in [4.69, 9.17) is 0 Å². The molecule has 0 aliphatic carbocycles. The zero-order chi connectivity index (χ0) is 13.1.